The van der Waals surface area contributed by atoms with Crippen LogP contribution in [0.4, 0.5) is 0 Å². The van der Waals surface area contributed by atoms with Gasteiger partial charge in [0.1, 0.15) is 0 Å². The van der Waals surface area contributed by atoms with Crippen LogP contribution in [0.25, 0.3) is 0 Å². The first-order valence-corrected chi connectivity index (χ1v) is 8.93. The molecule has 0 aromatic heterocycles. The van der Waals surface area contributed by atoms with E-state index in [2.05, 4.69) is 34.4 Å². The maximum absolute atomic E-state index is 5.77. The van der Waals surface area contributed by atoms with E-state index in [1.165, 1.54) is 12.8 Å². The Morgan fingerprint density at radius 3 is 2.42 bits per heavy atom. The number of guanidine groups is 1. The number of hydrogen-bond acceptors (Lipinski definition) is 4. The predicted molar refractivity (Wildman–Crippen MR) is 109 cm³/mol. The molecule has 0 unspecified atom stereocenters. The van der Waals surface area contributed by atoms with Gasteiger partial charge in [-0.1, -0.05) is 0 Å². The third kappa shape index (κ3) is 6.31. The normalized spacial score (nSPS) is 23.0. The molecule has 0 amide bonds. The number of aliphatic imine (C=N–C) groups is 1. The minimum absolute atomic E-state index is 0. The molecule has 0 aromatic rings. The zero-order valence-electron chi connectivity index (χ0n) is 15.6. The molecule has 2 aliphatic rings. The minimum atomic E-state index is -0.128. The number of likely N-dealkylation sites (tertiary alicyclic amines) is 1. The summed E-state index contributed by atoms with van der Waals surface area (Å²) in [5.41, 5.74) is -0.128. The van der Waals surface area contributed by atoms with E-state index in [1.807, 2.05) is 7.05 Å². The Bertz CT molecular complexity index is 379. The Morgan fingerprint density at radius 1 is 1.29 bits per heavy atom. The van der Waals surface area contributed by atoms with E-state index < -0.39 is 0 Å². The molecule has 24 heavy (non-hydrogen) atoms. The molecule has 0 radical (unpaired) electrons. The highest BCUT2D eigenvalue weighted by Gasteiger charge is 2.32. The maximum atomic E-state index is 5.77. The van der Waals surface area contributed by atoms with Gasteiger partial charge in [0, 0.05) is 71.9 Å². The third-order valence-electron chi connectivity index (χ3n) is 5.24. The van der Waals surface area contributed by atoms with Gasteiger partial charge in [0.25, 0.3) is 0 Å². The molecule has 2 saturated heterocycles. The molecule has 142 valence electrons. The number of ether oxygens (including phenoxy) is 2. The Hall–Kier alpha value is -0.120. The first-order valence-electron chi connectivity index (χ1n) is 8.93. The summed E-state index contributed by atoms with van der Waals surface area (Å²) in [6.45, 7) is 9.18. The van der Waals surface area contributed by atoms with Gasteiger partial charge in [-0.25, -0.2) is 0 Å². The molecular formula is C17H35IN4O2. The van der Waals surface area contributed by atoms with Crippen LogP contribution in [0, 0.1) is 0 Å². The summed E-state index contributed by atoms with van der Waals surface area (Å²) in [4.78, 5) is 6.92. The molecule has 2 N–H and O–H groups in total. The second kappa shape index (κ2) is 10.8. The van der Waals surface area contributed by atoms with Crippen LogP contribution in [0.3, 0.4) is 0 Å². The average molecular weight is 454 g/mol. The van der Waals surface area contributed by atoms with E-state index >= 15 is 0 Å². The summed E-state index contributed by atoms with van der Waals surface area (Å²) < 4.78 is 11.2. The summed E-state index contributed by atoms with van der Waals surface area (Å²) >= 11 is 0. The van der Waals surface area contributed by atoms with Crippen LogP contribution in [0.5, 0.6) is 0 Å². The second-order valence-corrected chi connectivity index (χ2v) is 6.97. The average Bonchev–Trinajstić information content (AvgIpc) is 2.59. The van der Waals surface area contributed by atoms with Crippen molar-refractivity contribution in [2.24, 2.45) is 4.99 Å². The second-order valence-electron chi connectivity index (χ2n) is 6.97. The van der Waals surface area contributed by atoms with Crippen molar-refractivity contribution >= 4 is 29.9 Å². The van der Waals surface area contributed by atoms with Crippen molar-refractivity contribution in [3.63, 3.8) is 0 Å². The molecule has 0 aromatic carbocycles. The summed E-state index contributed by atoms with van der Waals surface area (Å²) in [6, 6.07) is 1.15. The lowest BCUT2D eigenvalue weighted by Gasteiger charge is -2.37. The van der Waals surface area contributed by atoms with Crippen molar-refractivity contribution in [1.29, 1.82) is 0 Å². The zero-order chi connectivity index (χ0) is 16.7. The van der Waals surface area contributed by atoms with Crippen LogP contribution in [-0.2, 0) is 9.47 Å². The van der Waals surface area contributed by atoms with E-state index in [0.29, 0.717) is 12.1 Å². The summed E-state index contributed by atoms with van der Waals surface area (Å²) in [6.07, 6.45) is 4.20. The Morgan fingerprint density at radius 2 is 1.92 bits per heavy atom. The van der Waals surface area contributed by atoms with E-state index in [0.717, 1.165) is 51.6 Å². The predicted octanol–water partition coefficient (Wildman–Crippen LogP) is 1.84. The molecule has 2 heterocycles. The molecule has 2 rings (SSSR count). The number of hydrogen-bond donors (Lipinski definition) is 2. The molecule has 0 bridgehead atoms. The van der Waals surface area contributed by atoms with Gasteiger partial charge in [-0.2, -0.15) is 0 Å². The molecule has 2 fully saturated rings. The van der Waals surface area contributed by atoms with E-state index in [4.69, 9.17) is 9.47 Å². The zero-order valence-corrected chi connectivity index (χ0v) is 18.0. The van der Waals surface area contributed by atoms with Gasteiger partial charge < -0.3 is 25.0 Å². The number of piperidine rings is 1. The lowest BCUT2D eigenvalue weighted by Crippen LogP contribution is -2.54. The smallest absolute Gasteiger partial charge is 0.191 e. The van der Waals surface area contributed by atoms with Gasteiger partial charge in [-0.05, 0) is 26.7 Å². The molecule has 0 atom stereocenters. The Kier molecular flexibility index (Phi) is 9.84. The fraction of sp³-hybridized carbons (Fsp3) is 0.941. The van der Waals surface area contributed by atoms with E-state index in [9.17, 15) is 0 Å². The van der Waals surface area contributed by atoms with Crippen molar-refractivity contribution in [3.8, 4) is 0 Å². The van der Waals surface area contributed by atoms with Crippen molar-refractivity contribution in [3.05, 3.63) is 0 Å². The SMILES string of the molecule is CN=C(NCC1(OC)CCOCC1)NC1CCN(C(C)C)CC1.I. The molecular weight excluding hydrogens is 419 g/mol. The first-order chi connectivity index (χ1) is 11.1. The van der Waals surface area contributed by atoms with Crippen molar-refractivity contribution < 1.29 is 9.47 Å². The third-order valence-corrected chi connectivity index (χ3v) is 5.24. The quantitative estimate of drug-likeness (QED) is 0.377. The molecule has 2 aliphatic heterocycles. The highest BCUT2D eigenvalue weighted by Crippen LogP contribution is 2.23. The Balaban J connectivity index is 0.00000288. The minimum Gasteiger partial charge on any atom is -0.381 e. The number of nitrogens with one attached hydrogen (secondary N) is 2. The number of nitrogens with zero attached hydrogens (tertiary/aromatic N) is 2. The number of rotatable bonds is 5. The fourth-order valence-electron chi connectivity index (χ4n) is 3.39. The molecule has 7 heteroatoms. The van der Waals surface area contributed by atoms with Crippen molar-refractivity contribution in [2.75, 3.05) is 47.0 Å². The van der Waals surface area contributed by atoms with Crippen LogP contribution in [0.15, 0.2) is 4.99 Å². The largest absolute Gasteiger partial charge is 0.381 e. The van der Waals surface area contributed by atoms with Crippen LogP contribution in [0.2, 0.25) is 0 Å². The van der Waals surface area contributed by atoms with Gasteiger partial charge in [0.2, 0.25) is 0 Å². The molecule has 0 saturated carbocycles. The van der Waals surface area contributed by atoms with E-state index in [-0.39, 0.29) is 29.6 Å². The van der Waals surface area contributed by atoms with Gasteiger partial charge >= 0.3 is 0 Å². The number of methoxy groups -OCH3 is 1. The maximum Gasteiger partial charge on any atom is 0.191 e. The van der Waals surface area contributed by atoms with Gasteiger partial charge in [-0.3, -0.25) is 4.99 Å². The summed E-state index contributed by atoms with van der Waals surface area (Å²) in [7, 11) is 3.63. The van der Waals surface area contributed by atoms with Crippen LogP contribution in [0.1, 0.15) is 39.5 Å². The van der Waals surface area contributed by atoms with Gasteiger partial charge in [0.05, 0.1) is 5.60 Å². The van der Waals surface area contributed by atoms with Gasteiger partial charge in [-0.15, -0.1) is 24.0 Å². The summed E-state index contributed by atoms with van der Waals surface area (Å²) in [5.74, 6) is 0.885. The highest BCUT2D eigenvalue weighted by molar-refractivity contribution is 14.0. The standard InChI is InChI=1S/C17H34N4O2.HI/c1-14(2)21-9-5-15(6-10-21)20-16(18-3)19-13-17(22-4)7-11-23-12-8-17;/h14-15H,5-13H2,1-4H3,(H2,18,19,20);1H. The topological polar surface area (TPSA) is 58.1 Å². The summed E-state index contributed by atoms with van der Waals surface area (Å²) in [5, 5.41) is 7.03. The van der Waals surface area contributed by atoms with Crippen LogP contribution in [-0.4, -0.2) is 75.5 Å². The number of halogens is 1. The molecule has 0 spiro atoms. The monoisotopic (exact) mass is 454 g/mol. The van der Waals surface area contributed by atoms with Crippen LogP contribution < -0.4 is 10.6 Å². The fourth-order valence-corrected chi connectivity index (χ4v) is 3.39. The molecule has 0 aliphatic carbocycles. The highest BCUT2D eigenvalue weighted by atomic mass is 127. The van der Waals surface area contributed by atoms with E-state index in [1.54, 1.807) is 7.11 Å². The van der Waals surface area contributed by atoms with Gasteiger partial charge in [0.15, 0.2) is 5.96 Å². The lowest BCUT2D eigenvalue weighted by atomic mass is 9.94. The molecule has 6 nitrogen and oxygen atoms in total. The lowest BCUT2D eigenvalue weighted by molar-refractivity contribution is -0.0855. The first kappa shape index (κ1) is 21.9. The van der Waals surface area contributed by atoms with Crippen LogP contribution >= 0.6 is 24.0 Å². The Labute approximate surface area is 164 Å². The van der Waals surface area contributed by atoms with Crippen molar-refractivity contribution in [2.45, 2.75) is 57.2 Å². The van der Waals surface area contributed by atoms with Crippen molar-refractivity contribution in [1.82, 2.24) is 15.5 Å².